The predicted molar refractivity (Wildman–Crippen MR) is 79.3 cm³/mol. The summed E-state index contributed by atoms with van der Waals surface area (Å²) >= 11 is 0. The third-order valence-corrected chi connectivity index (χ3v) is 3.64. The van der Waals surface area contributed by atoms with Gasteiger partial charge in [0.25, 0.3) is 0 Å². The van der Waals surface area contributed by atoms with Gasteiger partial charge in [0.15, 0.2) is 0 Å². The number of fused-ring (bicyclic) bond motifs is 1. The van der Waals surface area contributed by atoms with Gasteiger partial charge in [0.1, 0.15) is 11.4 Å². The Balaban J connectivity index is 2.05. The van der Waals surface area contributed by atoms with E-state index in [0.717, 1.165) is 11.0 Å². The summed E-state index contributed by atoms with van der Waals surface area (Å²) in [5.74, 6) is 0.802. The van der Waals surface area contributed by atoms with Crippen LogP contribution in [0.4, 0.5) is 4.79 Å². The second-order valence-electron chi connectivity index (χ2n) is 6.60. The summed E-state index contributed by atoms with van der Waals surface area (Å²) in [5.41, 5.74) is 0.974. The highest BCUT2D eigenvalue weighted by Gasteiger charge is 2.35. The third-order valence-electron chi connectivity index (χ3n) is 3.64. The Morgan fingerprint density at radius 3 is 2.62 bits per heavy atom. The number of carbonyl (C=O) groups is 1. The molecule has 0 spiro atoms. The molecule has 0 amide bonds. The Hall–Kier alpha value is -1.88. The average Bonchev–Trinajstić information content (AvgIpc) is 2.71. The van der Waals surface area contributed by atoms with Crippen LogP contribution in [0.5, 0.6) is 0 Å². The first-order valence-corrected chi connectivity index (χ1v) is 7.24. The van der Waals surface area contributed by atoms with E-state index < -0.39 is 11.7 Å². The Morgan fingerprint density at radius 1 is 1.33 bits per heavy atom. The molecule has 112 valence electrons. The van der Waals surface area contributed by atoms with Gasteiger partial charge in [-0.05, 0) is 45.7 Å². The molecule has 0 radical (unpaired) electrons. The fourth-order valence-corrected chi connectivity index (χ4v) is 2.62. The lowest BCUT2D eigenvalue weighted by molar-refractivity contribution is 0.0491. The summed E-state index contributed by atoms with van der Waals surface area (Å²) in [7, 11) is 0. The molecular formula is C16H20N2O3. The maximum absolute atomic E-state index is 12.5. The van der Waals surface area contributed by atoms with Gasteiger partial charge in [-0.25, -0.2) is 14.3 Å². The predicted octanol–water partition coefficient (Wildman–Crippen LogP) is 3.06. The van der Waals surface area contributed by atoms with Crippen LogP contribution in [0, 0.1) is 0 Å². The maximum Gasteiger partial charge on any atom is 0.420 e. The molecule has 1 aliphatic carbocycles. The molecular weight excluding hydrogens is 268 g/mol. The molecule has 1 aliphatic rings. The number of nitrogens with zero attached hydrogens (tertiary/aromatic N) is 2. The number of aromatic nitrogens is 2. The fourth-order valence-electron chi connectivity index (χ4n) is 2.62. The summed E-state index contributed by atoms with van der Waals surface area (Å²) in [6.45, 7) is 5.53. The van der Waals surface area contributed by atoms with Crippen molar-refractivity contribution in [2.75, 3.05) is 0 Å². The van der Waals surface area contributed by atoms with E-state index in [1.165, 1.54) is 0 Å². The number of hydrogen-bond donors (Lipinski definition) is 1. The molecule has 0 bridgehead atoms. The first-order valence-electron chi connectivity index (χ1n) is 7.24. The molecule has 1 aromatic heterocycles. The van der Waals surface area contributed by atoms with E-state index in [0.29, 0.717) is 18.7 Å². The quantitative estimate of drug-likeness (QED) is 0.876. The Morgan fingerprint density at radius 2 is 2.00 bits per heavy atom. The van der Waals surface area contributed by atoms with E-state index in [4.69, 9.17) is 4.74 Å². The SMILES string of the molecule is CC(C)(C)OC(=O)n1c(C2CC(O)C2)nc2ccccc21. The molecule has 5 nitrogen and oxygen atoms in total. The Bertz CT molecular complexity index is 678. The Kier molecular flexibility index (Phi) is 3.24. The van der Waals surface area contributed by atoms with E-state index in [2.05, 4.69) is 4.98 Å². The summed E-state index contributed by atoms with van der Waals surface area (Å²) in [6, 6.07) is 7.53. The first kappa shape index (κ1) is 14.1. The van der Waals surface area contributed by atoms with Crippen LogP contribution in [-0.4, -0.2) is 32.5 Å². The van der Waals surface area contributed by atoms with Gasteiger partial charge in [-0.1, -0.05) is 12.1 Å². The highest BCUT2D eigenvalue weighted by atomic mass is 16.6. The minimum absolute atomic E-state index is 0.111. The van der Waals surface area contributed by atoms with Crippen molar-refractivity contribution in [3.8, 4) is 0 Å². The zero-order chi connectivity index (χ0) is 15.2. The van der Waals surface area contributed by atoms with Crippen LogP contribution in [0.15, 0.2) is 24.3 Å². The summed E-state index contributed by atoms with van der Waals surface area (Å²) in [6.07, 6.45) is 0.590. The zero-order valence-corrected chi connectivity index (χ0v) is 12.5. The average molecular weight is 288 g/mol. The van der Waals surface area contributed by atoms with Gasteiger partial charge in [0.2, 0.25) is 0 Å². The van der Waals surface area contributed by atoms with Crippen molar-refractivity contribution in [3.63, 3.8) is 0 Å². The van der Waals surface area contributed by atoms with Crippen molar-refractivity contribution in [2.45, 2.75) is 51.2 Å². The molecule has 1 N–H and O–H groups in total. The topological polar surface area (TPSA) is 64.3 Å². The molecule has 1 fully saturated rings. The monoisotopic (exact) mass is 288 g/mol. The number of para-hydroxylation sites is 2. The minimum Gasteiger partial charge on any atom is -0.443 e. The number of aliphatic hydroxyl groups excluding tert-OH is 1. The number of hydrogen-bond acceptors (Lipinski definition) is 4. The molecule has 1 saturated carbocycles. The van der Waals surface area contributed by atoms with Crippen LogP contribution in [0.25, 0.3) is 11.0 Å². The van der Waals surface area contributed by atoms with Gasteiger partial charge < -0.3 is 9.84 Å². The lowest BCUT2D eigenvalue weighted by Crippen LogP contribution is -2.32. The maximum atomic E-state index is 12.5. The van der Waals surface area contributed by atoms with Crippen molar-refractivity contribution in [1.29, 1.82) is 0 Å². The number of benzene rings is 1. The van der Waals surface area contributed by atoms with Crippen LogP contribution in [0.1, 0.15) is 45.4 Å². The molecule has 5 heteroatoms. The molecule has 0 saturated heterocycles. The van der Waals surface area contributed by atoms with E-state index >= 15 is 0 Å². The van der Waals surface area contributed by atoms with Crippen molar-refractivity contribution < 1.29 is 14.6 Å². The van der Waals surface area contributed by atoms with Gasteiger partial charge in [-0.15, -0.1) is 0 Å². The van der Waals surface area contributed by atoms with Crippen molar-refractivity contribution in [2.24, 2.45) is 0 Å². The number of rotatable bonds is 1. The van der Waals surface area contributed by atoms with Crippen LogP contribution in [-0.2, 0) is 4.74 Å². The first-order chi connectivity index (χ1) is 9.85. The van der Waals surface area contributed by atoms with Gasteiger partial charge in [0, 0.05) is 5.92 Å². The number of aliphatic hydroxyl groups is 1. The van der Waals surface area contributed by atoms with Crippen molar-refractivity contribution in [3.05, 3.63) is 30.1 Å². The molecule has 1 aromatic carbocycles. The summed E-state index contributed by atoms with van der Waals surface area (Å²) in [4.78, 5) is 17.1. The second-order valence-corrected chi connectivity index (χ2v) is 6.60. The highest BCUT2D eigenvalue weighted by Crippen LogP contribution is 2.37. The largest absolute Gasteiger partial charge is 0.443 e. The van der Waals surface area contributed by atoms with E-state index in [1.807, 2.05) is 45.0 Å². The number of imidazole rings is 1. The van der Waals surface area contributed by atoms with Crippen LogP contribution < -0.4 is 0 Å². The standard InChI is InChI=1S/C16H20N2O3/c1-16(2,3)21-15(20)18-13-7-5-4-6-12(13)17-14(18)10-8-11(19)9-10/h4-7,10-11,19H,8-9H2,1-3H3. The van der Waals surface area contributed by atoms with Crippen LogP contribution in [0.2, 0.25) is 0 Å². The van der Waals surface area contributed by atoms with E-state index in [9.17, 15) is 9.90 Å². The third kappa shape index (κ3) is 2.65. The van der Waals surface area contributed by atoms with Crippen molar-refractivity contribution in [1.82, 2.24) is 9.55 Å². The van der Waals surface area contributed by atoms with Gasteiger partial charge in [-0.3, -0.25) is 0 Å². The van der Waals surface area contributed by atoms with E-state index in [1.54, 1.807) is 4.57 Å². The molecule has 3 rings (SSSR count). The van der Waals surface area contributed by atoms with E-state index in [-0.39, 0.29) is 12.0 Å². The van der Waals surface area contributed by atoms with Gasteiger partial charge in [0.05, 0.1) is 17.1 Å². The van der Waals surface area contributed by atoms with Crippen molar-refractivity contribution >= 4 is 17.1 Å². The number of carbonyl (C=O) groups excluding carboxylic acids is 1. The molecule has 0 atom stereocenters. The summed E-state index contributed by atoms with van der Waals surface area (Å²) in [5, 5.41) is 9.52. The number of ether oxygens (including phenoxy) is 1. The summed E-state index contributed by atoms with van der Waals surface area (Å²) < 4.78 is 7.05. The molecule has 0 unspecified atom stereocenters. The second kappa shape index (κ2) is 4.84. The lowest BCUT2D eigenvalue weighted by Gasteiger charge is -2.31. The van der Waals surface area contributed by atoms with Gasteiger partial charge >= 0.3 is 6.09 Å². The lowest BCUT2D eigenvalue weighted by atomic mass is 9.82. The molecule has 21 heavy (non-hydrogen) atoms. The molecule has 0 aliphatic heterocycles. The highest BCUT2D eigenvalue weighted by molar-refractivity contribution is 5.87. The minimum atomic E-state index is -0.557. The van der Waals surface area contributed by atoms with Crippen LogP contribution >= 0.6 is 0 Å². The smallest absolute Gasteiger partial charge is 0.420 e. The Labute approximate surface area is 123 Å². The van der Waals surface area contributed by atoms with Crippen LogP contribution in [0.3, 0.4) is 0 Å². The normalized spacial score (nSPS) is 22.1. The molecule has 2 aromatic rings. The fraction of sp³-hybridized carbons (Fsp3) is 0.500. The van der Waals surface area contributed by atoms with Gasteiger partial charge in [-0.2, -0.15) is 0 Å². The zero-order valence-electron chi connectivity index (χ0n) is 12.5. The molecule has 1 heterocycles.